The van der Waals surface area contributed by atoms with Gasteiger partial charge in [0.15, 0.2) is 0 Å². The van der Waals surface area contributed by atoms with E-state index < -0.39 is 11.9 Å². The Morgan fingerprint density at radius 1 is 0.750 bits per heavy atom. The first-order chi connectivity index (χ1) is 7.54. The Kier molecular flexibility index (Phi) is 15.0. The monoisotopic (exact) mass is 234 g/mol. The molecule has 6 nitrogen and oxygen atoms in total. The Labute approximate surface area is 95.6 Å². The first-order valence-corrected chi connectivity index (χ1v) is 5.38. The second-order valence-corrected chi connectivity index (χ2v) is 3.28. The predicted molar refractivity (Wildman–Crippen MR) is 61.1 cm³/mol. The van der Waals surface area contributed by atoms with Crippen LogP contribution in [0.15, 0.2) is 0 Å². The van der Waals surface area contributed by atoms with E-state index in [0.29, 0.717) is 0 Å². The topological polar surface area (TPSA) is 127 Å². The predicted octanol–water partition coefficient (Wildman–Crippen LogP) is 0.400. The van der Waals surface area contributed by atoms with Gasteiger partial charge in [-0.15, -0.1) is 0 Å². The van der Waals surface area contributed by atoms with E-state index in [0.717, 1.165) is 25.9 Å². The van der Waals surface area contributed by atoms with E-state index in [9.17, 15) is 9.59 Å². The van der Waals surface area contributed by atoms with E-state index in [1.54, 1.807) is 0 Å². The average Bonchev–Trinajstić information content (AvgIpc) is 2.18. The zero-order chi connectivity index (χ0) is 12.8. The lowest BCUT2D eigenvalue weighted by Crippen LogP contribution is -2.02. The molecule has 0 aliphatic carbocycles. The van der Waals surface area contributed by atoms with Crippen LogP contribution in [0.25, 0.3) is 0 Å². The van der Waals surface area contributed by atoms with Gasteiger partial charge in [0.05, 0.1) is 0 Å². The van der Waals surface area contributed by atoms with Crippen molar-refractivity contribution >= 4 is 11.9 Å². The number of hydrogen-bond acceptors (Lipinski definition) is 4. The Hall–Kier alpha value is -1.14. The molecule has 0 aliphatic rings. The first-order valence-electron chi connectivity index (χ1n) is 5.38. The summed E-state index contributed by atoms with van der Waals surface area (Å²) in [4.78, 5) is 19.6. The zero-order valence-corrected chi connectivity index (χ0v) is 9.52. The Balaban J connectivity index is 0. The lowest BCUT2D eigenvalue weighted by atomic mass is 10.2. The second kappa shape index (κ2) is 13.9. The maximum absolute atomic E-state index is 9.79. The number of carboxylic acids is 2. The van der Waals surface area contributed by atoms with E-state index in [-0.39, 0.29) is 19.3 Å². The molecule has 16 heavy (non-hydrogen) atoms. The van der Waals surface area contributed by atoms with Crippen molar-refractivity contribution < 1.29 is 19.8 Å². The molecular formula is C10H22N2O4. The number of nitrogens with two attached hydrogens (primary N) is 2. The Morgan fingerprint density at radius 2 is 1.12 bits per heavy atom. The number of carboxylic acid groups (broad SMARTS) is 2. The van der Waals surface area contributed by atoms with Crippen molar-refractivity contribution in [3.05, 3.63) is 0 Å². The molecule has 0 aromatic heterocycles. The number of rotatable bonds is 8. The minimum atomic E-state index is -0.948. The van der Waals surface area contributed by atoms with Crippen LogP contribution in [0.1, 0.15) is 38.5 Å². The molecule has 0 atom stereocenters. The molecule has 0 spiro atoms. The van der Waals surface area contributed by atoms with Crippen molar-refractivity contribution in [3.63, 3.8) is 0 Å². The zero-order valence-electron chi connectivity index (χ0n) is 9.52. The molecule has 96 valence electrons. The standard InChI is InChI=1S/C5H14N2.C5H8O4/c6-4-2-1-3-5-7;6-4(7)2-1-3-5(8)9/h1-7H2;1-3H2,(H,6,7)(H,8,9). The third kappa shape index (κ3) is 23.0. The van der Waals surface area contributed by atoms with E-state index >= 15 is 0 Å². The van der Waals surface area contributed by atoms with Crippen molar-refractivity contribution in [2.75, 3.05) is 13.1 Å². The number of unbranched alkanes of at least 4 members (excludes halogenated alkanes) is 2. The minimum Gasteiger partial charge on any atom is -0.481 e. The van der Waals surface area contributed by atoms with Gasteiger partial charge in [-0.05, 0) is 32.4 Å². The fourth-order valence-electron chi connectivity index (χ4n) is 0.856. The summed E-state index contributed by atoms with van der Waals surface area (Å²) in [5.41, 5.74) is 10.5. The van der Waals surface area contributed by atoms with Gasteiger partial charge in [-0.25, -0.2) is 0 Å². The highest BCUT2D eigenvalue weighted by Crippen LogP contribution is 1.93. The summed E-state index contributed by atoms with van der Waals surface area (Å²) in [7, 11) is 0. The Morgan fingerprint density at radius 3 is 1.38 bits per heavy atom. The van der Waals surface area contributed by atoms with E-state index in [4.69, 9.17) is 21.7 Å². The molecule has 0 unspecified atom stereocenters. The van der Waals surface area contributed by atoms with Crippen LogP contribution in [0.2, 0.25) is 0 Å². The quantitative estimate of drug-likeness (QED) is 0.450. The van der Waals surface area contributed by atoms with Crippen molar-refractivity contribution in [2.24, 2.45) is 11.5 Å². The molecule has 0 fully saturated rings. The average molecular weight is 234 g/mol. The van der Waals surface area contributed by atoms with Gasteiger partial charge in [0, 0.05) is 12.8 Å². The summed E-state index contributed by atoms with van der Waals surface area (Å²) in [5.74, 6) is -1.90. The molecule has 6 N–H and O–H groups in total. The summed E-state index contributed by atoms with van der Waals surface area (Å²) in [6.45, 7) is 1.61. The molecule has 0 heterocycles. The summed E-state index contributed by atoms with van der Waals surface area (Å²) >= 11 is 0. The van der Waals surface area contributed by atoms with E-state index in [2.05, 4.69) is 0 Å². The molecule has 6 heteroatoms. The van der Waals surface area contributed by atoms with Crippen molar-refractivity contribution in [3.8, 4) is 0 Å². The van der Waals surface area contributed by atoms with Gasteiger partial charge in [0.1, 0.15) is 0 Å². The lowest BCUT2D eigenvalue weighted by molar-refractivity contribution is -0.138. The van der Waals surface area contributed by atoms with Gasteiger partial charge in [0.2, 0.25) is 0 Å². The molecule has 0 aromatic carbocycles. The van der Waals surface area contributed by atoms with Crippen LogP contribution >= 0.6 is 0 Å². The fraction of sp³-hybridized carbons (Fsp3) is 0.800. The summed E-state index contributed by atoms with van der Waals surface area (Å²) in [6.07, 6.45) is 3.52. The summed E-state index contributed by atoms with van der Waals surface area (Å²) in [5, 5.41) is 16.1. The molecule has 0 bridgehead atoms. The molecule has 0 aliphatic heterocycles. The highest BCUT2D eigenvalue weighted by atomic mass is 16.4. The van der Waals surface area contributed by atoms with Crippen LogP contribution in [0.4, 0.5) is 0 Å². The van der Waals surface area contributed by atoms with Crippen LogP contribution in [-0.2, 0) is 9.59 Å². The molecule has 0 saturated heterocycles. The maximum Gasteiger partial charge on any atom is 0.303 e. The third-order valence-electron chi connectivity index (χ3n) is 1.69. The molecule has 0 rings (SSSR count). The molecular weight excluding hydrogens is 212 g/mol. The van der Waals surface area contributed by atoms with Gasteiger partial charge < -0.3 is 21.7 Å². The highest BCUT2D eigenvalue weighted by Gasteiger charge is 1.99. The molecule has 0 radical (unpaired) electrons. The number of carbonyl (C=O) groups is 2. The summed E-state index contributed by atoms with van der Waals surface area (Å²) in [6, 6.07) is 0. The normalized spacial score (nSPS) is 9.12. The third-order valence-corrected chi connectivity index (χ3v) is 1.69. The van der Waals surface area contributed by atoms with E-state index in [1.807, 2.05) is 0 Å². The second-order valence-electron chi connectivity index (χ2n) is 3.28. The fourth-order valence-corrected chi connectivity index (χ4v) is 0.856. The van der Waals surface area contributed by atoms with Gasteiger partial charge >= 0.3 is 11.9 Å². The van der Waals surface area contributed by atoms with Gasteiger partial charge in [-0.3, -0.25) is 9.59 Å². The van der Waals surface area contributed by atoms with Crippen LogP contribution in [0.5, 0.6) is 0 Å². The number of aliphatic carboxylic acids is 2. The smallest absolute Gasteiger partial charge is 0.303 e. The number of hydrogen-bond donors (Lipinski definition) is 4. The summed E-state index contributed by atoms with van der Waals surface area (Å²) < 4.78 is 0. The highest BCUT2D eigenvalue weighted by molar-refractivity contribution is 5.69. The molecule has 0 saturated carbocycles. The minimum absolute atomic E-state index is 0.0632. The van der Waals surface area contributed by atoms with Crippen molar-refractivity contribution in [1.82, 2.24) is 0 Å². The first kappa shape index (κ1) is 17.3. The van der Waals surface area contributed by atoms with Crippen LogP contribution < -0.4 is 11.5 Å². The maximum atomic E-state index is 9.79. The van der Waals surface area contributed by atoms with Gasteiger partial charge in [0.25, 0.3) is 0 Å². The molecule has 0 aromatic rings. The SMILES string of the molecule is NCCCCCN.O=C(O)CCCC(=O)O. The van der Waals surface area contributed by atoms with Crippen LogP contribution in [0, 0.1) is 0 Å². The van der Waals surface area contributed by atoms with Crippen LogP contribution in [-0.4, -0.2) is 35.2 Å². The van der Waals surface area contributed by atoms with Gasteiger partial charge in [-0.1, -0.05) is 6.42 Å². The van der Waals surface area contributed by atoms with Crippen molar-refractivity contribution in [1.29, 1.82) is 0 Å². The molecule has 0 amide bonds. The van der Waals surface area contributed by atoms with Crippen LogP contribution in [0.3, 0.4) is 0 Å². The Bertz CT molecular complexity index is 168. The lowest BCUT2D eigenvalue weighted by Gasteiger charge is -1.91. The van der Waals surface area contributed by atoms with Crippen molar-refractivity contribution in [2.45, 2.75) is 38.5 Å². The van der Waals surface area contributed by atoms with E-state index in [1.165, 1.54) is 6.42 Å². The largest absolute Gasteiger partial charge is 0.481 e. The van der Waals surface area contributed by atoms with Gasteiger partial charge in [-0.2, -0.15) is 0 Å².